The first kappa shape index (κ1) is 21.4. The summed E-state index contributed by atoms with van der Waals surface area (Å²) in [7, 11) is 1.63. The number of aromatic nitrogens is 1. The minimum atomic E-state index is -0.128. The molecule has 1 aliphatic rings. The van der Waals surface area contributed by atoms with Crippen LogP contribution in [-0.4, -0.2) is 47.9 Å². The molecule has 1 aliphatic heterocycles. The van der Waals surface area contributed by atoms with E-state index >= 15 is 0 Å². The fraction of sp³-hybridized carbons (Fsp3) is 0.240. The zero-order valence-corrected chi connectivity index (χ0v) is 18.0. The number of likely N-dealkylation sites (tertiary alicyclic amines) is 1. The van der Waals surface area contributed by atoms with Crippen LogP contribution in [0, 0.1) is 0 Å². The zero-order chi connectivity index (χ0) is 22.3. The second-order valence-corrected chi connectivity index (χ2v) is 7.68. The van der Waals surface area contributed by atoms with Crippen molar-refractivity contribution in [3.05, 3.63) is 84.2 Å². The Balaban J connectivity index is 1.37. The molecule has 0 aliphatic carbocycles. The highest BCUT2D eigenvalue weighted by Crippen LogP contribution is 2.25. The van der Waals surface area contributed by atoms with E-state index in [1.165, 1.54) is 0 Å². The predicted octanol–water partition coefficient (Wildman–Crippen LogP) is 3.87. The predicted molar refractivity (Wildman–Crippen MR) is 123 cm³/mol. The standard InChI is InChI=1S/C25H26N4O3/c1-32-21-10-8-19(9-11-21)27-23-7-3-2-6-22(23)25(31)29-15-12-20(13-16-29)28-24(30)18-5-4-14-26-17-18/h2-11,14,17,20,27H,12-13,15-16H2,1H3,(H,28,30). The molecule has 0 atom stereocenters. The van der Waals surface area contributed by atoms with Gasteiger partial charge in [0.15, 0.2) is 0 Å². The fourth-order valence-corrected chi connectivity index (χ4v) is 3.77. The summed E-state index contributed by atoms with van der Waals surface area (Å²) in [6, 6.07) is 18.6. The summed E-state index contributed by atoms with van der Waals surface area (Å²) in [6.45, 7) is 1.18. The summed E-state index contributed by atoms with van der Waals surface area (Å²) in [6.07, 6.45) is 4.63. The van der Waals surface area contributed by atoms with Gasteiger partial charge in [0.05, 0.1) is 23.9 Å². The summed E-state index contributed by atoms with van der Waals surface area (Å²) < 4.78 is 5.20. The topological polar surface area (TPSA) is 83.6 Å². The molecule has 1 aromatic heterocycles. The van der Waals surface area contributed by atoms with Crippen LogP contribution in [0.2, 0.25) is 0 Å². The van der Waals surface area contributed by atoms with E-state index in [1.807, 2.05) is 53.4 Å². The lowest BCUT2D eigenvalue weighted by Crippen LogP contribution is -2.46. The van der Waals surface area contributed by atoms with Crippen LogP contribution in [0.25, 0.3) is 0 Å². The number of rotatable bonds is 6. The average Bonchev–Trinajstić information content (AvgIpc) is 2.85. The number of benzene rings is 2. The molecule has 2 amide bonds. The average molecular weight is 431 g/mol. The summed E-state index contributed by atoms with van der Waals surface area (Å²) in [5.41, 5.74) is 2.81. The van der Waals surface area contributed by atoms with Crippen molar-refractivity contribution in [1.82, 2.24) is 15.2 Å². The van der Waals surface area contributed by atoms with E-state index in [4.69, 9.17) is 4.74 Å². The van der Waals surface area contributed by atoms with Crippen LogP contribution in [-0.2, 0) is 0 Å². The number of anilines is 2. The fourth-order valence-electron chi connectivity index (χ4n) is 3.77. The number of hydrogen-bond acceptors (Lipinski definition) is 5. The smallest absolute Gasteiger partial charge is 0.255 e. The van der Waals surface area contributed by atoms with Gasteiger partial charge in [0.1, 0.15) is 5.75 Å². The van der Waals surface area contributed by atoms with Crippen LogP contribution in [0.4, 0.5) is 11.4 Å². The van der Waals surface area contributed by atoms with Gasteiger partial charge in [-0.25, -0.2) is 0 Å². The lowest BCUT2D eigenvalue weighted by Gasteiger charge is -2.33. The quantitative estimate of drug-likeness (QED) is 0.620. The number of piperidine rings is 1. The molecule has 0 radical (unpaired) electrons. The number of carbonyl (C=O) groups excluding carboxylic acids is 2. The molecule has 7 nitrogen and oxygen atoms in total. The molecule has 2 aromatic carbocycles. The van der Waals surface area contributed by atoms with Gasteiger partial charge in [-0.3, -0.25) is 14.6 Å². The van der Waals surface area contributed by atoms with Gasteiger partial charge in [-0.2, -0.15) is 0 Å². The first-order valence-electron chi connectivity index (χ1n) is 10.6. The molecule has 1 saturated heterocycles. The van der Waals surface area contributed by atoms with Crippen molar-refractivity contribution in [2.24, 2.45) is 0 Å². The van der Waals surface area contributed by atoms with Crippen LogP contribution in [0.5, 0.6) is 5.75 Å². The number of ether oxygens (including phenoxy) is 1. The van der Waals surface area contributed by atoms with Gasteiger partial charge < -0.3 is 20.3 Å². The molecule has 1 fully saturated rings. The van der Waals surface area contributed by atoms with E-state index in [-0.39, 0.29) is 17.9 Å². The summed E-state index contributed by atoms with van der Waals surface area (Å²) in [4.78, 5) is 31.4. The van der Waals surface area contributed by atoms with Crippen molar-refractivity contribution >= 4 is 23.2 Å². The van der Waals surface area contributed by atoms with Gasteiger partial charge in [0.25, 0.3) is 11.8 Å². The monoisotopic (exact) mass is 430 g/mol. The molecule has 32 heavy (non-hydrogen) atoms. The third-order valence-corrected chi connectivity index (χ3v) is 5.57. The normalized spacial score (nSPS) is 14.0. The highest BCUT2D eigenvalue weighted by Gasteiger charge is 2.26. The third-order valence-electron chi connectivity index (χ3n) is 5.57. The highest BCUT2D eigenvalue weighted by molar-refractivity contribution is 6.00. The van der Waals surface area contributed by atoms with E-state index in [0.29, 0.717) is 37.1 Å². The maximum atomic E-state index is 13.2. The molecule has 2 N–H and O–H groups in total. The number of methoxy groups -OCH3 is 1. The van der Waals surface area contributed by atoms with Gasteiger partial charge in [0, 0.05) is 37.2 Å². The molecular weight excluding hydrogens is 404 g/mol. The van der Waals surface area contributed by atoms with E-state index in [2.05, 4.69) is 15.6 Å². The Hall–Kier alpha value is -3.87. The molecular formula is C25H26N4O3. The van der Waals surface area contributed by atoms with E-state index in [1.54, 1.807) is 31.6 Å². The Morgan fingerprint density at radius 1 is 1.00 bits per heavy atom. The minimum Gasteiger partial charge on any atom is -0.497 e. The number of nitrogens with zero attached hydrogens (tertiary/aromatic N) is 2. The molecule has 4 rings (SSSR count). The zero-order valence-electron chi connectivity index (χ0n) is 18.0. The van der Waals surface area contributed by atoms with Crippen molar-refractivity contribution in [2.75, 3.05) is 25.5 Å². The SMILES string of the molecule is COc1ccc(Nc2ccccc2C(=O)N2CCC(NC(=O)c3cccnc3)CC2)cc1. The Bertz CT molecular complexity index is 1060. The number of para-hydroxylation sites is 1. The highest BCUT2D eigenvalue weighted by atomic mass is 16.5. The van der Waals surface area contributed by atoms with Crippen molar-refractivity contribution in [1.29, 1.82) is 0 Å². The number of pyridine rings is 1. The second kappa shape index (κ2) is 9.96. The lowest BCUT2D eigenvalue weighted by atomic mass is 10.0. The molecule has 7 heteroatoms. The Labute approximate surface area is 187 Å². The molecule has 164 valence electrons. The third kappa shape index (κ3) is 5.06. The molecule has 3 aromatic rings. The maximum Gasteiger partial charge on any atom is 0.255 e. The lowest BCUT2D eigenvalue weighted by molar-refractivity contribution is 0.0699. The maximum absolute atomic E-state index is 13.2. The molecule has 0 spiro atoms. The molecule has 0 unspecified atom stereocenters. The van der Waals surface area contributed by atoms with Crippen LogP contribution >= 0.6 is 0 Å². The van der Waals surface area contributed by atoms with Gasteiger partial charge in [0.2, 0.25) is 0 Å². The summed E-state index contributed by atoms with van der Waals surface area (Å²) >= 11 is 0. The van der Waals surface area contributed by atoms with Gasteiger partial charge >= 0.3 is 0 Å². The van der Waals surface area contributed by atoms with E-state index < -0.39 is 0 Å². The van der Waals surface area contributed by atoms with Crippen molar-refractivity contribution in [3.63, 3.8) is 0 Å². The van der Waals surface area contributed by atoms with Gasteiger partial charge in [-0.05, 0) is 61.4 Å². The van der Waals surface area contributed by atoms with Gasteiger partial charge in [-0.1, -0.05) is 12.1 Å². The first-order chi connectivity index (χ1) is 15.6. The Morgan fingerprint density at radius 2 is 1.75 bits per heavy atom. The minimum absolute atomic E-state index is 0.0151. The van der Waals surface area contributed by atoms with Gasteiger partial charge in [-0.15, -0.1) is 0 Å². The number of nitrogens with one attached hydrogen (secondary N) is 2. The molecule has 0 saturated carbocycles. The first-order valence-corrected chi connectivity index (χ1v) is 10.6. The van der Waals surface area contributed by atoms with Crippen molar-refractivity contribution in [2.45, 2.75) is 18.9 Å². The van der Waals surface area contributed by atoms with E-state index in [0.717, 1.165) is 17.1 Å². The van der Waals surface area contributed by atoms with Crippen molar-refractivity contribution < 1.29 is 14.3 Å². The van der Waals surface area contributed by atoms with Crippen LogP contribution < -0.4 is 15.4 Å². The largest absolute Gasteiger partial charge is 0.497 e. The van der Waals surface area contributed by atoms with Crippen LogP contribution in [0.3, 0.4) is 0 Å². The summed E-state index contributed by atoms with van der Waals surface area (Å²) in [5.74, 6) is 0.633. The number of amides is 2. The Kier molecular flexibility index (Phi) is 6.65. The summed E-state index contributed by atoms with van der Waals surface area (Å²) in [5, 5.41) is 6.38. The number of hydrogen-bond donors (Lipinski definition) is 2. The molecule has 2 heterocycles. The van der Waals surface area contributed by atoms with Crippen LogP contribution in [0.1, 0.15) is 33.6 Å². The molecule has 0 bridgehead atoms. The van der Waals surface area contributed by atoms with Crippen LogP contribution in [0.15, 0.2) is 73.1 Å². The number of carbonyl (C=O) groups is 2. The van der Waals surface area contributed by atoms with Crippen molar-refractivity contribution in [3.8, 4) is 5.75 Å². The Morgan fingerprint density at radius 3 is 2.44 bits per heavy atom. The van der Waals surface area contributed by atoms with E-state index in [9.17, 15) is 9.59 Å². The second-order valence-electron chi connectivity index (χ2n) is 7.68.